The Balaban J connectivity index is 0.00000112. The van der Waals surface area contributed by atoms with E-state index in [0.717, 1.165) is 5.56 Å². The molecule has 15 heavy (non-hydrogen) atoms. The predicted octanol–water partition coefficient (Wildman–Crippen LogP) is -0.00588. The molecule has 82 valence electrons. The first kappa shape index (κ1) is 11.5. The number of benzene rings is 1. The van der Waals surface area contributed by atoms with Gasteiger partial charge in [0, 0.05) is 0 Å². The summed E-state index contributed by atoms with van der Waals surface area (Å²) >= 11 is 0. The molecule has 0 unspecified atom stereocenters. The molecule has 1 aliphatic rings. The molecule has 1 heterocycles. The smallest absolute Gasteiger partial charge is 0.333 e. The number of hydrogen-bond acceptors (Lipinski definition) is 3. The van der Waals surface area contributed by atoms with Crippen molar-refractivity contribution in [1.29, 1.82) is 0 Å². The average Bonchev–Trinajstić information content (AvgIpc) is 2.05. The molecule has 0 radical (unpaired) electrons. The van der Waals surface area contributed by atoms with E-state index in [4.69, 9.17) is 0 Å². The third kappa shape index (κ3) is 1.92. The highest BCUT2D eigenvalue weighted by Gasteiger charge is 2.27. The lowest BCUT2D eigenvalue weighted by molar-refractivity contribution is 0.256. The van der Waals surface area contributed by atoms with Gasteiger partial charge in [0.2, 0.25) is 0 Å². The Morgan fingerprint density at radius 2 is 1.93 bits per heavy atom. The van der Waals surface area contributed by atoms with E-state index in [1.165, 1.54) is 6.07 Å². The van der Waals surface area contributed by atoms with Crippen LogP contribution in [-0.2, 0) is 10.0 Å². The van der Waals surface area contributed by atoms with Gasteiger partial charge in [-0.25, -0.2) is 17.9 Å². The van der Waals surface area contributed by atoms with Crippen molar-refractivity contribution in [2.45, 2.75) is 11.8 Å². The Kier molecular flexibility index (Phi) is 2.69. The van der Waals surface area contributed by atoms with Gasteiger partial charge in [-0.15, -0.1) is 0 Å². The van der Waals surface area contributed by atoms with E-state index in [0.29, 0.717) is 5.69 Å². The Morgan fingerprint density at radius 1 is 1.27 bits per heavy atom. The van der Waals surface area contributed by atoms with Crippen LogP contribution in [0.3, 0.4) is 0 Å². The molecule has 4 N–H and O–H groups in total. The number of fused-ring (bicyclic) bond motifs is 1. The number of nitrogens with one attached hydrogen (secondary N) is 2. The number of aryl methyl sites for hydroxylation is 1. The number of sulfonamides is 1. The molecule has 0 atom stereocenters. The lowest BCUT2D eigenvalue weighted by Crippen LogP contribution is -2.39. The zero-order chi connectivity index (χ0) is 10.3. The van der Waals surface area contributed by atoms with Crippen LogP contribution in [0.25, 0.3) is 0 Å². The van der Waals surface area contributed by atoms with Gasteiger partial charge < -0.3 is 10.8 Å². The van der Waals surface area contributed by atoms with Crippen molar-refractivity contribution in [2.75, 3.05) is 5.32 Å². The molecule has 1 aromatic carbocycles. The second kappa shape index (κ2) is 3.52. The third-order valence-corrected chi connectivity index (χ3v) is 3.27. The van der Waals surface area contributed by atoms with Crippen LogP contribution in [0.1, 0.15) is 5.56 Å². The van der Waals surface area contributed by atoms with Gasteiger partial charge in [0.25, 0.3) is 10.0 Å². The molecule has 7 heteroatoms. The van der Waals surface area contributed by atoms with Crippen molar-refractivity contribution in [3.63, 3.8) is 0 Å². The molecule has 1 aromatic rings. The summed E-state index contributed by atoms with van der Waals surface area (Å²) in [4.78, 5) is 11.0. The molecular weight excluding hydrogens is 220 g/mol. The van der Waals surface area contributed by atoms with Gasteiger partial charge in [0.05, 0.1) is 5.69 Å². The summed E-state index contributed by atoms with van der Waals surface area (Å²) < 4.78 is 24.8. The van der Waals surface area contributed by atoms with Crippen LogP contribution in [0.4, 0.5) is 10.5 Å². The summed E-state index contributed by atoms with van der Waals surface area (Å²) in [5, 5.41) is 2.41. The van der Waals surface area contributed by atoms with Crippen LogP contribution in [0.2, 0.25) is 0 Å². The molecule has 2 rings (SSSR count). The second-order valence-corrected chi connectivity index (χ2v) is 4.71. The van der Waals surface area contributed by atoms with Crippen LogP contribution in [0.15, 0.2) is 23.1 Å². The van der Waals surface area contributed by atoms with E-state index in [1.807, 2.05) is 4.72 Å². The van der Waals surface area contributed by atoms with Crippen molar-refractivity contribution in [2.24, 2.45) is 0 Å². The first-order valence-corrected chi connectivity index (χ1v) is 5.42. The van der Waals surface area contributed by atoms with E-state index >= 15 is 0 Å². The summed E-state index contributed by atoms with van der Waals surface area (Å²) in [5.41, 5.74) is 1.14. The number of carbonyl (C=O) groups is 1. The first-order valence-electron chi connectivity index (χ1n) is 3.93. The maximum Gasteiger partial charge on any atom is 0.333 e. The van der Waals surface area contributed by atoms with E-state index in [9.17, 15) is 13.2 Å². The topological polar surface area (TPSA) is 107 Å². The monoisotopic (exact) mass is 230 g/mol. The van der Waals surface area contributed by atoms with Gasteiger partial charge in [-0.3, -0.25) is 0 Å². The molecule has 0 bridgehead atoms. The van der Waals surface area contributed by atoms with Gasteiger partial charge >= 0.3 is 6.03 Å². The fourth-order valence-electron chi connectivity index (χ4n) is 1.28. The number of hydrogen-bond donors (Lipinski definition) is 2. The summed E-state index contributed by atoms with van der Waals surface area (Å²) in [6.07, 6.45) is 0. The molecule has 6 nitrogen and oxygen atoms in total. The number of anilines is 1. The molecule has 0 spiro atoms. The van der Waals surface area contributed by atoms with Crippen molar-refractivity contribution in [3.8, 4) is 0 Å². The third-order valence-electron chi connectivity index (χ3n) is 1.90. The lowest BCUT2D eigenvalue weighted by Gasteiger charge is -2.18. The van der Waals surface area contributed by atoms with Gasteiger partial charge in [-0.1, -0.05) is 6.07 Å². The number of rotatable bonds is 0. The Labute approximate surface area is 86.7 Å². The Hall–Kier alpha value is -1.60. The van der Waals surface area contributed by atoms with Crippen molar-refractivity contribution >= 4 is 21.7 Å². The van der Waals surface area contributed by atoms with E-state index < -0.39 is 16.1 Å². The molecule has 0 aromatic heterocycles. The molecule has 0 aliphatic carbocycles. The van der Waals surface area contributed by atoms with Crippen LogP contribution in [0.5, 0.6) is 0 Å². The molecule has 2 amide bonds. The molecule has 0 saturated heterocycles. The molecular formula is C8H10N2O4S. The second-order valence-electron chi connectivity index (χ2n) is 3.06. The summed E-state index contributed by atoms with van der Waals surface area (Å²) in [6, 6.07) is 4.10. The summed E-state index contributed by atoms with van der Waals surface area (Å²) in [5.74, 6) is 0. The van der Waals surface area contributed by atoms with E-state index in [-0.39, 0.29) is 10.4 Å². The molecule has 1 aliphatic heterocycles. The normalized spacial score (nSPS) is 16.7. The highest BCUT2D eigenvalue weighted by atomic mass is 32.2. The number of carbonyl (C=O) groups excluding carboxylic acids is 1. The minimum Gasteiger partial charge on any atom is -0.412 e. The average molecular weight is 230 g/mol. The Bertz CT molecular complexity index is 509. The van der Waals surface area contributed by atoms with Crippen molar-refractivity contribution in [3.05, 3.63) is 23.8 Å². The van der Waals surface area contributed by atoms with Crippen LogP contribution in [0, 0.1) is 6.92 Å². The zero-order valence-electron chi connectivity index (χ0n) is 7.87. The van der Waals surface area contributed by atoms with E-state index in [2.05, 4.69) is 5.32 Å². The predicted molar refractivity (Wildman–Crippen MR) is 54.1 cm³/mol. The largest absolute Gasteiger partial charge is 0.412 e. The maximum absolute atomic E-state index is 11.5. The maximum atomic E-state index is 11.5. The zero-order valence-corrected chi connectivity index (χ0v) is 8.68. The highest BCUT2D eigenvalue weighted by Crippen LogP contribution is 2.25. The summed E-state index contributed by atoms with van der Waals surface area (Å²) in [6.45, 7) is 1.78. The fourth-order valence-corrected chi connectivity index (χ4v) is 2.43. The minimum atomic E-state index is -3.68. The lowest BCUT2D eigenvalue weighted by atomic mass is 10.2. The minimum absolute atomic E-state index is 0. The standard InChI is InChI=1S/C8H8N2O3S.H2O/c1-5-2-3-6-7(4-5)14(12,13)10-8(11)9-6;/h2-4H,1H3,(H2,9,10,11);1H2. The van der Waals surface area contributed by atoms with E-state index in [1.54, 1.807) is 19.1 Å². The van der Waals surface area contributed by atoms with Crippen molar-refractivity contribution in [1.82, 2.24) is 4.72 Å². The van der Waals surface area contributed by atoms with Crippen LogP contribution < -0.4 is 10.0 Å². The number of amides is 2. The fraction of sp³-hybridized carbons (Fsp3) is 0.125. The summed E-state index contributed by atoms with van der Waals surface area (Å²) in [7, 11) is -3.68. The SMILES string of the molecule is Cc1ccc2c(c1)S(=O)(=O)NC(=O)N2.O. The first-order chi connectivity index (χ1) is 6.49. The highest BCUT2D eigenvalue weighted by molar-refractivity contribution is 7.90. The van der Waals surface area contributed by atoms with Crippen LogP contribution in [-0.4, -0.2) is 19.9 Å². The molecule has 0 fully saturated rings. The quantitative estimate of drug-likeness (QED) is 0.654. The van der Waals surface area contributed by atoms with Gasteiger partial charge in [-0.2, -0.15) is 0 Å². The van der Waals surface area contributed by atoms with Crippen molar-refractivity contribution < 1.29 is 18.7 Å². The molecule has 0 saturated carbocycles. The number of urea groups is 1. The van der Waals surface area contributed by atoms with Gasteiger partial charge in [0.1, 0.15) is 4.90 Å². The van der Waals surface area contributed by atoms with Gasteiger partial charge in [-0.05, 0) is 24.6 Å². The Morgan fingerprint density at radius 3 is 2.60 bits per heavy atom. The van der Waals surface area contributed by atoms with Gasteiger partial charge in [0.15, 0.2) is 0 Å². The van der Waals surface area contributed by atoms with Crippen LogP contribution >= 0.6 is 0 Å².